The van der Waals surface area contributed by atoms with E-state index in [1.54, 1.807) is 0 Å². The van der Waals surface area contributed by atoms with Crippen molar-refractivity contribution in [3.8, 4) is 0 Å². The van der Waals surface area contributed by atoms with E-state index in [4.69, 9.17) is 0 Å². The summed E-state index contributed by atoms with van der Waals surface area (Å²) in [4.78, 5) is 14.3. The molecule has 92 valence electrons. The molecule has 2 aliphatic rings. The summed E-state index contributed by atoms with van der Waals surface area (Å²) in [5, 5.41) is 3.27. The molecule has 2 heterocycles. The normalized spacial score (nSPS) is 20.6. The Morgan fingerprint density at radius 2 is 2.12 bits per heavy atom. The third kappa shape index (κ3) is 2.36. The zero-order chi connectivity index (χ0) is 11.7. The van der Waals surface area contributed by atoms with Gasteiger partial charge in [0.1, 0.15) is 5.69 Å². The van der Waals surface area contributed by atoms with Crippen molar-refractivity contribution in [1.29, 1.82) is 0 Å². The Labute approximate surface area is 102 Å². The highest BCUT2D eigenvalue weighted by Crippen LogP contribution is 2.31. The van der Waals surface area contributed by atoms with Crippen molar-refractivity contribution >= 4 is 5.91 Å². The number of hydrogen-bond donors (Lipinski definition) is 1. The Bertz CT molecular complexity index is 403. The van der Waals surface area contributed by atoms with Crippen molar-refractivity contribution in [2.24, 2.45) is 5.92 Å². The number of nitrogens with zero attached hydrogens (tertiary/aromatic N) is 2. The number of hydrogen-bond acceptors (Lipinski definition) is 2. The number of nitrogens with one attached hydrogen (secondary N) is 1. The van der Waals surface area contributed by atoms with Crippen LogP contribution in [0.3, 0.4) is 0 Å². The second-order valence-corrected chi connectivity index (χ2v) is 5.03. The molecular formula is C13H19N3O. The molecule has 1 aromatic rings. The van der Waals surface area contributed by atoms with Crippen molar-refractivity contribution in [1.82, 2.24) is 14.8 Å². The monoisotopic (exact) mass is 233 g/mol. The summed E-state index contributed by atoms with van der Waals surface area (Å²) >= 11 is 0. The van der Waals surface area contributed by atoms with Crippen LogP contribution < -0.4 is 5.32 Å². The molecule has 3 rings (SSSR count). The highest BCUT2D eigenvalue weighted by atomic mass is 16.2. The number of rotatable bonds is 3. The lowest BCUT2D eigenvalue weighted by Crippen LogP contribution is -2.46. The van der Waals surface area contributed by atoms with Crippen LogP contribution in [0, 0.1) is 5.92 Å². The Hall–Kier alpha value is -1.29. The molecule has 1 saturated heterocycles. The Kier molecular flexibility index (Phi) is 2.89. The van der Waals surface area contributed by atoms with Gasteiger partial charge in [0, 0.05) is 38.9 Å². The van der Waals surface area contributed by atoms with Crippen molar-refractivity contribution in [2.45, 2.75) is 19.4 Å². The molecular weight excluding hydrogens is 214 g/mol. The highest BCUT2D eigenvalue weighted by Gasteiger charge is 2.25. The number of carbonyl (C=O) groups is 1. The molecule has 1 aliphatic carbocycles. The molecule has 1 saturated carbocycles. The zero-order valence-corrected chi connectivity index (χ0v) is 10.1. The molecule has 0 aromatic carbocycles. The molecule has 1 aliphatic heterocycles. The van der Waals surface area contributed by atoms with Gasteiger partial charge in [-0.25, -0.2) is 0 Å². The van der Waals surface area contributed by atoms with E-state index in [9.17, 15) is 4.79 Å². The van der Waals surface area contributed by atoms with Gasteiger partial charge in [-0.3, -0.25) is 4.79 Å². The Balaban J connectivity index is 1.72. The second-order valence-electron chi connectivity index (χ2n) is 5.03. The minimum atomic E-state index is 0.192. The average molecular weight is 233 g/mol. The van der Waals surface area contributed by atoms with Crippen molar-refractivity contribution in [2.75, 3.05) is 26.2 Å². The van der Waals surface area contributed by atoms with Gasteiger partial charge in [0.2, 0.25) is 0 Å². The largest absolute Gasteiger partial charge is 0.343 e. The molecule has 4 nitrogen and oxygen atoms in total. The van der Waals surface area contributed by atoms with E-state index in [1.807, 2.05) is 23.2 Å². The summed E-state index contributed by atoms with van der Waals surface area (Å²) < 4.78 is 2.13. The lowest BCUT2D eigenvalue weighted by molar-refractivity contribution is 0.0724. The van der Waals surface area contributed by atoms with Gasteiger partial charge in [-0.05, 0) is 30.9 Å². The number of piperazine rings is 1. The standard InChI is InChI=1S/C13H19N3O/c17-13(15-8-5-14-6-9-15)12-2-1-7-16(12)10-11-3-4-11/h1-2,7,11,14H,3-6,8-10H2. The highest BCUT2D eigenvalue weighted by molar-refractivity contribution is 5.92. The molecule has 1 N–H and O–H groups in total. The Morgan fingerprint density at radius 3 is 2.82 bits per heavy atom. The predicted octanol–water partition coefficient (Wildman–Crippen LogP) is 0.943. The maximum atomic E-state index is 12.4. The van der Waals surface area contributed by atoms with E-state index in [2.05, 4.69) is 9.88 Å². The van der Waals surface area contributed by atoms with E-state index in [0.29, 0.717) is 0 Å². The van der Waals surface area contributed by atoms with E-state index in [-0.39, 0.29) is 5.91 Å². The van der Waals surface area contributed by atoms with Gasteiger partial charge in [0.15, 0.2) is 0 Å². The van der Waals surface area contributed by atoms with Crippen LogP contribution in [0.15, 0.2) is 18.3 Å². The molecule has 0 atom stereocenters. The first kappa shape index (κ1) is 10.8. The Morgan fingerprint density at radius 1 is 1.35 bits per heavy atom. The van der Waals surface area contributed by atoms with Crippen LogP contribution in [0.4, 0.5) is 0 Å². The zero-order valence-electron chi connectivity index (χ0n) is 10.1. The van der Waals surface area contributed by atoms with E-state index >= 15 is 0 Å². The summed E-state index contributed by atoms with van der Waals surface area (Å²) in [6.45, 7) is 4.49. The molecule has 1 amide bonds. The van der Waals surface area contributed by atoms with Crippen molar-refractivity contribution < 1.29 is 4.79 Å². The fourth-order valence-corrected chi connectivity index (χ4v) is 2.38. The predicted molar refractivity (Wildman–Crippen MR) is 65.9 cm³/mol. The van der Waals surface area contributed by atoms with Crippen LogP contribution in [-0.2, 0) is 6.54 Å². The van der Waals surface area contributed by atoms with E-state index in [0.717, 1.165) is 44.3 Å². The first-order valence-electron chi connectivity index (χ1n) is 6.50. The third-order valence-electron chi connectivity index (χ3n) is 3.60. The van der Waals surface area contributed by atoms with Crippen molar-refractivity contribution in [3.63, 3.8) is 0 Å². The fraction of sp³-hybridized carbons (Fsp3) is 0.615. The van der Waals surface area contributed by atoms with Gasteiger partial charge in [-0.1, -0.05) is 0 Å². The van der Waals surface area contributed by atoms with Crippen LogP contribution in [0.1, 0.15) is 23.3 Å². The topological polar surface area (TPSA) is 37.3 Å². The molecule has 2 fully saturated rings. The van der Waals surface area contributed by atoms with Crippen LogP contribution in [0.2, 0.25) is 0 Å². The minimum Gasteiger partial charge on any atom is -0.343 e. The maximum Gasteiger partial charge on any atom is 0.270 e. The first-order chi connectivity index (χ1) is 8.34. The number of aromatic nitrogens is 1. The molecule has 0 radical (unpaired) electrons. The molecule has 0 spiro atoms. The average Bonchev–Trinajstić information content (AvgIpc) is 3.06. The van der Waals surface area contributed by atoms with Crippen LogP contribution >= 0.6 is 0 Å². The molecule has 1 aromatic heterocycles. The summed E-state index contributed by atoms with van der Waals surface area (Å²) in [7, 11) is 0. The van der Waals surface area contributed by atoms with Gasteiger partial charge in [0.05, 0.1) is 0 Å². The fourth-order valence-electron chi connectivity index (χ4n) is 2.38. The van der Waals surface area contributed by atoms with Crippen LogP contribution in [-0.4, -0.2) is 41.6 Å². The smallest absolute Gasteiger partial charge is 0.270 e. The summed E-state index contributed by atoms with van der Waals surface area (Å²) in [5.74, 6) is 0.995. The van der Waals surface area contributed by atoms with Gasteiger partial charge in [-0.15, -0.1) is 0 Å². The minimum absolute atomic E-state index is 0.192. The van der Waals surface area contributed by atoms with Crippen molar-refractivity contribution in [3.05, 3.63) is 24.0 Å². The lowest BCUT2D eigenvalue weighted by atomic mass is 10.3. The first-order valence-corrected chi connectivity index (χ1v) is 6.50. The molecule has 4 heteroatoms. The third-order valence-corrected chi connectivity index (χ3v) is 3.60. The van der Waals surface area contributed by atoms with Gasteiger partial charge in [-0.2, -0.15) is 0 Å². The van der Waals surface area contributed by atoms with Gasteiger partial charge >= 0.3 is 0 Å². The second kappa shape index (κ2) is 4.53. The van der Waals surface area contributed by atoms with Crippen LogP contribution in [0.25, 0.3) is 0 Å². The summed E-state index contributed by atoms with van der Waals surface area (Å²) in [5.41, 5.74) is 0.860. The number of amides is 1. The quantitative estimate of drug-likeness (QED) is 0.843. The number of carbonyl (C=O) groups excluding carboxylic acids is 1. The van der Waals surface area contributed by atoms with E-state index in [1.165, 1.54) is 12.8 Å². The van der Waals surface area contributed by atoms with Gasteiger partial charge in [0.25, 0.3) is 5.91 Å². The van der Waals surface area contributed by atoms with Crippen LogP contribution in [0.5, 0.6) is 0 Å². The molecule has 0 unspecified atom stereocenters. The summed E-state index contributed by atoms with van der Waals surface area (Å²) in [6.07, 6.45) is 4.67. The molecule has 0 bridgehead atoms. The molecule has 17 heavy (non-hydrogen) atoms. The summed E-state index contributed by atoms with van der Waals surface area (Å²) in [6, 6.07) is 3.94. The van der Waals surface area contributed by atoms with Gasteiger partial charge < -0.3 is 14.8 Å². The maximum absolute atomic E-state index is 12.4. The van der Waals surface area contributed by atoms with E-state index < -0.39 is 0 Å². The SMILES string of the molecule is O=C(c1cccn1CC1CC1)N1CCNCC1. The lowest BCUT2D eigenvalue weighted by Gasteiger charge is -2.27.